The summed E-state index contributed by atoms with van der Waals surface area (Å²) in [6, 6.07) is 0. The molecule has 4 heteroatoms. The van der Waals surface area contributed by atoms with E-state index >= 15 is 0 Å². The van der Waals surface area contributed by atoms with Gasteiger partial charge in [-0.05, 0) is 0 Å². The third-order valence-electron chi connectivity index (χ3n) is 1.03. The van der Waals surface area contributed by atoms with E-state index in [9.17, 15) is 0 Å². The van der Waals surface area contributed by atoms with Crippen molar-refractivity contribution in [1.82, 2.24) is 5.32 Å². The predicted octanol–water partition coefficient (Wildman–Crippen LogP) is -1.05. The first kappa shape index (κ1) is 6.51. The maximum atomic E-state index is 8.26. The van der Waals surface area contributed by atoms with Gasteiger partial charge in [0.2, 0.25) is 0 Å². The molecule has 0 aromatic heterocycles. The van der Waals surface area contributed by atoms with E-state index < -0.39 is 0 Å². The number of aliphatic hydroxyl groups excluding tert-OH is 1. The summed E-state index contributed by atoms with van der Waals surface area (Å²) in [5.74, 6) is 0. The third kappa shape index (κ3) is 1.99. The second kappa shape index (κ2) is 3.42. The highest BCUT2D eigenvalue weighted by Crippen LogP contribution is 1.86. The number of nitrogens with zero attached hydrogens (tertiary/aromatic N) is 1. The summed E-state index contributed by atoms with van der Waals surface area (Å²) in [6.45, 7) is 1.98. The van der Waals surface area contributed by atoms with Gasteiger partial charge < -0.3 is 15.3 Å². The lowest BCUT2D eigenvalue weighted by atomic mass is 10.2. The van der Waals surface area contributed by atoms with Gasteiger partial charge in [-0.25, -0.2) is 0 Å². The normalized spacial score (nSPS) is 16.8. The summed E-state index contributed by atoms with van der Waals surface area (Å²) < 4.78 is 0. The molecule has 1 heterocycles. The van der Waals surface area contributed by atoms with Gasteiger partial charge in [-0.2, -0.15) is 0 Å². The first-order valence-electron chi connectivity index (χ1n) is 2.93. The summed E-state index contributed by atoms with van der Waals surface area (Å²) in [5, 5.41) is 15.0. The summed E-state index contributed by atoms with van der Waals surface area (Å²) in [7, 11) is 0. The molecule has 0 saturated carbocycles. The molecule has 0 bridgehead atoms. The Balaban J connectivity index is 2.01. The van der Waals surface area contributed by atoms with Crippen LogP contribution >= 0.6 is 0 Å². The Morgan fingerprint density at radius 2 is 2.44 bits per heavy atom. The van der Waals surface area contributed by atoms with Gasteiger partial charge in [-0.15, -0.1) is 0 Å². The van der Waals surface area contributed by atoms with Crippen molar-refractivity contribution in [2.75, 3.05) is 26.3 Å². The van der Waals surface area contributed by atoms with Crippen LogP contribution in [-0.2, 0) is 4.84 Å². The first-order valence-corrected chi connectivity index (χ1v) is 2.93. The number of rotatable bonds is 3. The van der Waals surface area contributed by atoms with Gasteiger partial charge in [0.1, 0.15) is 6.61 Å². The maximum Gasteiger partial charge on any atom is 0.140 e. The highest BCUT2D eigenvalue weighted by Gasteiger charge is 2.08. The van der Waals surface area contributed by atoms with Crippen LogP contribution < -0.4 is 5.32 Å². The monoisotopic (exact) mass is 130 g/mol. The molecule has 1 aliphatic rings. The summed E-state index contributed by atoms with van der Waals surface area (Å²) >= 11 is 0. The molecule has 0 aromatic rings. The van der Waals surface area contributed by atoms with Crippen molar-refractivity contribution in [1.29, 1.82) is 0 Å². The molecule has 1 fully saturated rings. The lowest BCUT2D eigenvalue weighted by molar-refractivity contribution is 0.0972. The molecule has 1 aliphatic heterocycles. The average Bonchev–Trinajstić information content (AvgIpc) is 1.76. The zero-order chi connectivity index (χ0) is 6.53. The van der Waals surface area contributed by atoms with E-state index in [1.165, 1.54) is 0 Å². The minimum absolute atomic E-state index is 0.0320. The Kier molecular flexibility index (Phi) is 2.48. The van der Waals surface area contributed by atoms with Crippen LogP contribution in [0.2, 0.25) is 0 Å². The zero-order valence-electron chi connectivity index (χ0n) is 5.13. The molecule has 1 saturated heterocycles. The lowest BCUT2D eigenvalue weighted by Crippen LogP contribution is -2.42. The number of aliphatic hydroxyl groups is 1. The molecule has 0 atom stereocenters. The van der Waals surface area contributed by atoms with Crippen molar-refractivity contribution in [3.05, 3.63) is 0 Å². The Morgan fingerprint density at radius 3 is 2.89 bits per heavy atom. The summed E-state index contributed by atoms with van der Waals surface area (Å²) in [5.41, 5.74) is 1.02. The molecule has 1 rings (SSSR count). The molecule has 2 N–H and O–H groups in total. The molecule has 9 heavy (non-hydrogen) atoms. The summed E-state index contributed by atoms with van der Waals surface area (Å²) in [4.78, 5) is 4.68. The molecule has 0 radical (unpaired) electrons. The van der Waals surface area contributed by atoms with E-state index in [4.69, 9.17) is 5.11 Å². The maximum absolute atomic E-state index is 8.26. The van der Waals surface area contributed by atoms with Crippen LogP contribution in [-0.4, -0.2) is 37.1 Å². The lowest BCUT2D eigenvalue weighted by Gasteiger charge is -2.15. The minimum atomic E-state index is 0.0320. The van der Waals surface area contributed by atoms with Crippen LogP contribution in [0.25, 0.3) is 0 Å². The van der Waals surface area contributed by atoms with Crippen molar-refractivity contribution in [2.24, 2.45) is 5.16 Å². The Bertz CT molecular complexity index is 108. The smallest absolute Gasteiger partial charge is 0.140 e. The van der Waals surface area contributed by atoms with Crippen molar-refractivity contribution in [3.8, 4) is 0 Å². The summed E-state index contributed by atoms with van der Waals surface area (Å²) in [6.07, 6.45) is 0. The van der Waals surface area contributed by atoms with Gasteiger partial charge >= 0.3 is 0 Å². The largest absolute Gasteiger partial charge is 0.393 e. The van der Waals surface area contributed by atoms with Crippen molar-refractivity contribution >= 4 is 5.71 Å². The Labute approximate surface area is 53.5 Å². The van der Waals surface area contributed by atoms with Crippen LogP contribution in [0.4, 0.5) is 0 Å². The molecule has 0 spiro atoms. The van der Waals surface area contributed by atoms with Gasteiger partial charge in [0.15, 0.2) is 0 Å². The van der Waals surface area contributed by atoms with Gasteiger partial charge in [0.25, 0.3) is 0 Å². The van der Waals surface area contributed by atoms with E-state index in [0.717, 1.165) is 18.8 Å². The van der Waals surface area contributed by atoms with Crippen LogP contribution in [0.5, 0.6) is 0 Å². The number of oxime groups is 1. The SMILES string of the molecule is OCCON=C1CNC1. The molecule has 52 valence electrons. The van der Waals surface area contributed by atoms with Crippen molar-refractivity contribution in [3.63, 3.8) is 0 Å². The quantitative estimate of drug-likeness (QED) is 0.379. The van der Waals surface area contributed by atoms with Gasteiger partial charge in [0, 0.05) is 13.1 Å². The molecule has 0 aromatic carbocycles. The number of nitrogens with one attached hydrogen (secondary N) is 1. The highest BCUT2D eigenvalue weighted by molar-refractivity contribution is 5.92. The Morgan fingerprint density at radius 1 is 1.67 bits per heavy atom. The van der Waals surface area contributed by atoms with Crippen LogP contribution in [0, 0.1) is 0 Å². The number of hydrogen-bond donors (Lipinski definition) is 2. The van der Waals surface area contributed by atoms with E-state index in [1.807, 2.05) is 0 Å². The third-order valence-corrected chi connectivity index (χ3v) is 1.03. The molecule has 0 unspecified atom stereocenters. The van der Waals surface area contributed by atoms with E-state index in [-0.39, 0.29) is 6.61 Å². The van der Waals surface area contributed by atoms with Gasteiger partial charge in [-0.1, -0.05) is 5.16 Å². The fourth-order valence-electron chi connectivity index (χ4n) is 0.479. The molecule has 4 nitrogen and oxygen atoms in total. The Hall–Kier alpha value is -0.610. The van der Waals surface area contributed by atoms with E-state index in [1.54, 1.807) is 0 Å². The van der Waals surface area contributed by atoms with Gasteiger partial charge in [0.05, 0.1) is 12.3 Å². The molecular formula is C5H10N2O2. The molecule has 0 aliphatic carbocycles. The fourth-order valence-corrected chi connectivity index (χ4v) is 0.479. The fraction of sp³-hybridized carbons (Fsp3) is 0.800. The van der Waals surface area contributed by atoms with Crippen LogP contribution in [0.15, 0.2) is 5.16 Å². The van der Waals surface area contributed by atoms with Crippen molar-refractivity contribution in [2.45, 2.75) is 0 Å². The minimum Gasteiger partial charge on any atom is -0.393 e. The number of hydrogen-bond acceptors (Lipinski definition) is 4. The second-order valence-electron chi connectivity index (χ2n) is 1.82. The predicted molar refractivity (Wildman–Crippen MR) is 33.3 cm³/mol. The second-order valence-corrected chi connectivity index (χ2v) is 1.82. The molecule has 0 amide bonds. The zero-order valence-corrected chi connectivity index (χ0v) is 5.13. The molecular weight excluding hydrogens is 120 g/mol. The highest BCUT2D eigenvalue weighted by atomic mass is 16.6. The average molecular weight is 130 g/mol. The van der Waals surface area contributed by atoms with Crippen molar-refractivity contribution < 1.29 is 9.94 Å². The van der Waals surface area contributed by atoms with E-state index in [0.29, 0.717) is 6.61 Å². The topological polar surface area (TPSA) is 53.9 Å². The van der Waals surface area contributed by atoms with Gasteiger partial charge in [-0.3, -0.25) is 0 Å². The van der Waals surface area contributed by atoms with Crippen LogP contribution in [0.1, 0.15) is 0 Å². The van der Waals surface area contributed by atoms with Crippen LogP contribution in [0.3, 0.4) is 0 Å². The van der Waals surface area contributed by atoms with E-state index in [2.05, 4.69) is 15.3 Å². The first-order chi connectivity index (χ1) is 4.43. The standard InChI is InChI=1S/C5H10N2O2/c8-1-2-9-7-5-3-6-4-5/h6,8H,1-4H2.